The fourth-order valence-corrected chi connectivity index (χ4v) is 5.05. The molecule has 40 heavy (non-hydrogen) atoms. The van der Waals surface area contributed by atoms with Crippen LogP contribution >= 0.6 is 0 Å². The number of rotatable bonds is 3. The lowest BCUT2D eigenvalue weighted by atomic mass is 9.79. The first-order valence-electron chi connectivity index (χ1n) is 13.5. The van der Waals surface area contributed by atoms with Crippen molar-refractivity contribution in [3.63, 3.8) is 0 Å². The maximum Gasteiger partial charge on any atom is 0.128 e. The van der Waals surface area contributed by atoms with Crippen LogP contribution in [-0.2, 0) is 10.8 Å². The van der Waals surface area contributed by atoms with E-state index in [1.54, 1.807) is 12.3 Å². The largest absolute Gasteiger partial charge is 0.507 e. The van der Waals surface area contributed by atoms with Gasteiger partial charge in [-0.3, -0.25) is 4.99 Å². The Morgan fingerprint density at radius 3 is 1.75 bits per heavy atom. The average Bonchev–Trinajstić information content (AvgIpc) is 2.92. The second kappa shape index (κ2) is 11.1. The molecule has 0 aliphatic carbocycles. The second-order valence-electron chi connectivity index (χ2n) is 12.1. The van der Waals surface area contributed by atoms with Crippen LogP contribution in [0.3, 0.4) is 0 Å². The number of nitrogens with zero attached hydrogens (tertiary/aromatic N) is 1. The third kappa shape index (κ3) is 5.59. The molecule has 0 aliphatic rings. The monoisotopic (exact) mass is 533 g/mol. The summed E-state index contributed by atoms with van der Waals surface area (Å²) in [6.07, 6.45) is 1.76. The molecule has 3 N–H and O–H groups in total. The van der Waals surface area contributed by atoms with Gasteiger partial charge in [-0.2, -0.15) is 0 Å². The molecule has 0 saturated heterocycles. The van der Waals surface area contributed by atoms with Crippen molar-refractivity contribution in [2.45, 2.75) is 52.4 Å². The smallest absolute Gasteiger partial charge is 0.128 e. The van der Waals surface area contributed by atoms with Gasteiger partial charge in [0, 0.05) is 35.6 Å². The molecular formula is C36H39NO3. The van der Waals surface area contributed by atoms with Gasteiger partial charge in [0.15, 0.2) is 0 Å². The molecule has 0 spiro atoms. The van der Waals surface area contributed by atoms with Crippen LogP contribution in [0.15, 0.2) is 89.9 Å². The Morgan fingerprint density at radius 2 is 1.18 bits per heavy atom. The Bertz CT molecular complexity index is 1700. The molecule has 5 rings (SSSR count). The molecule has 0 fully saturated rings. The van der Waals surface area contributed by atoms with Crippen molar-refractivity contribution in [3.05, 3.63) is 102 Å². The number of fused-ring (bicyclic) bond motifs is 2. The first-order valence-corrected chi connectivity index (χ1v) is 13.5. The standard InChI is InChI=1S/C35H35NO2.CH4O/c1-34(2,3)25-19-24(33(38)28(20-25)35(4,5)6)21-36-29-17-15-22-11-7-9-13-26(22)31(29)32-27-14-10-8-12-23(27)16-18-30(32)37;1-2/h7-21,37-38H,1-6H3;2H,1H3. The van der Waals surface area contributed by atoms with Crippen LogP contribution in [0.25, 0.3) is 32.7 Å². The minimum Gasteiger partial charge on any atom is -0.507 e. The number of phenols is 2. The van der Waals surface area contributed by atoms with Gasteiger partial charge in [0.1, 0.15) is 11.5 Å². The van der Waals surface area contributed by atoms with Crippen LogP contribution in [0.4, 0.5) is 5.69 Å². The minimum absolute atomic E-state index is 0.0842. The van der Waals surface area contributed by atoms with Gasteiger partial charge in [0.2, 0.25) is 0 Å². The van der Waals surface area contributed by atoms with Gasteiger partial charge in [0.25, 0.3) is 0 Å². The summed E-state index contributed by atoms with van der Waals surface area (Å²) in [5.41, 5.74) is 4.78. The third-order valence-corrected chi connectivity index (χ3v) is 7.22. The predicted octanol–water partition coefficient (Wildman–Crippen LogP) is 9.03. The molecule has 5 aromatic carbocycles. The van der Waals surface area contributed by atoms with Crippen molar-refractivity contribution in [1.82, 2.24) is 0 Å². The van der Waals surface area contributed by atoms with E-state index in [1.807, 2.05) is 48.5 Å². The van der Waals surface area contributed by atoms with Gasteiger partial charge in [-0.05, 0) is 56.1 Å². The Balaban J connectivity index is 0.00000181. The van der Waals surface area contributed by atoms with E-state index in [-0.39, 0.29) is 22.3 Å². The second-order valence-corrected chi connectivity index (χ2v) is 12.1. The summed E-state index contributed by atoms with van der Waals surface area (Å²) in [5.74, 6) is 0.466. The molecule has 0 atom stereocenters. The molecule has 0 unspecified atom stereocenters. The first kappa shape index (κ1) is 28.8. The predicted molar refractivity (Wildman–Crippen MR) is 169 cm³/mol. The zero-order valence-corrected chi connectivity index (χ0v) is 24.4. The molecule has 0 radical (unpaired) electrons. The van der Waals surface area contributed by atoms with Crippen LogP contribution in [0, 0.1) is 0 Å². The highest BCUT2D eigenvalue weighted by Crippen LogP contribution is 2.45. The molecule has 206 valence electrons. The fraction of sp³-hybridized carbons (Fsp3) is 0.250. The summed E-state index contributed by atoms with van der Waals surface area (Å²) in [5, 5.41) is 33.5. The van der Waals surface area contributed by atoms with E-state index in [1.165, 1.54) is 0 Å². The van der Waals surface area contributed by atoms with Crippen LogP contribution in [0.1, 0.15) is 58.2 Å². The van der Waals surface area contributed by atoms with E-state index < -0.39 is 0 Å². The number of aromatic hydroxyl groups is 2. The van der Waals surface area contributed by atoms with E-state index in [0.29, 0.717) is 5.56 Å². The van der Waals surface area contributed by atoms with Crippen molar-refractivity contribution in [2.24, 2.45) is 4.99 Å². The van der Waals surface area contributed by atoms with Crippen molar-refractivity contribution >= 4 is 33.4 Å². The van der Waals surface area contributed by atoms with E-state index in [0.717, 1.165) is 56.6 Å². The number of aliphatic hydroxyl groups excluding tert-OH is 1. The maximum absolute atomic E-state index is 11.3. The molecule has 0 saturated carbocycles. The van der Waals surface area contributed by atoms with E-state index in [4.69, 9.17) is 10.1 Å². The zero-order chi connectivity index (χ0) is 29.2. The average molecular weight is 534 g/mol. The normalized spacial score (nSPS) is 12.1. The summed E-state index contributed by atoms with van der Waals surface area (Å²) in [4.78, 5) is 4.96. The van der Waals surface area contributed by atoms with E-state index >= 15 is 0 Å². The van der Waals surface area contributed by atoms with Crippen molar-refractivity contribution in [2.75, 3.05) is 7.11 Å². The van der Waals surface area contributed by atoms with Crippen LogP contribution in [0.2, 0.25) is 0 Å². The minimum atomic E-state index is -0.225. The summed E-state index contributed by atoms with van der Waals surface area (Å²) < 4.78 is 0. The Kier molecular flexibility index (Phi) is 8.04. The Hall–Kier alpha value is -4.15. The molecule has 0 heterocycles. The quantitative estimate of drug-likeness (QED) is 0.203. The lowest BCUT2D eigenvalue weighted by molar-refractivity contribution is 0.399. The van der Waals surface area contributed by atoms with Gasteiger partial charge < -0.3 is 15.3 Å². The summed E-state index contributed by atoms with van der Waals surface area (Å²) in [6, 6.07) is 28.1. The summed E-state index contributed by atoms with van der Waals surface area (Å²) >= 11 is 0. The van der Waals surface area contributed by atoms with Crippen LogP contribution in [-0.4, -0.2) is 28.6 Å². The number of aliphatic hydroxyl groups is 1. The summed E-state index contributed by atoms with van der Waals surface area (Å²) in [7, 11) is 1.00. The van der Waals surface area contributed by atoms with Crippen LogP contribution < -0.4 is 0 Å². The first-order chi connectivity index (χ1) is 18.9. The molecule has 0 bridgehead atoms. The SMILES string of the molecule is CC(C)(C)c1cc(C=Nc2ccc3ccccc3c2-c2c(O)ccc3ccccc23)c(O)c(C(C)(C)C)c1.CO. The number of hydrogen-bond acceptors (Lipinski definition) is 4. The highest BCUT2D eigenvalue weighted by Gasteiger charge is 2.25. The lowest BCUT2D eigenvalue weighted by Gasteiger charge is -2.27. The lowest BCUT2D eigenvalue weighted by Crippen LogP contribution is -2.17. The molecule has 4 nitrogen and oxygen atoms in total. The molecule has 0 amide bonds. The fourth-order valence-electron chi connectivity index (χ4n) is 5.05. The Labute approximate surface area is 237 Å². The molecule has 4 heteroatoms. The van der Waals surface area contributed by atoms with Gasteiger partial charge in [-0.15, -0.1) is 0 Å². The van der Waals surface area contributed by atoms with Crippen molar-refractivity contribution in [1.29, 1.82) is 0 Å². The molecular weight excluding hydrogens is 494 g/mol. The number of hydrogen-bond donors (Lipinski definition) is 3. The summed E-state index contributed by atoms with van der Waals surface area (Å²) in [6.45, 7) is 12.9. The molecule has 5 aromatic rings. The topological polar surface area (TPSA) is 73.1 Å². The van der Waals surface area contributed by atoms with Gasteiger partial charge in [-0.25, -0.2) is 0 Å². The van der Waals surface area contributed by atoms with Gasteiger partial charge in [-0.1, -0.05) is 108 Å². The van der Waals surface area contributed by atoms with E-state index in [9.17, 15) is 10.2 Å². The van der Waals surface area contributed by atoms with Gasteiger partial charge in [0.05, 0.1) is 5.69 Å². The molecule has 0 aliphatic heterocycles. The number of aliphatic imine (C=N–C) groups is 1. The number of phenolic OH excluding ortho intramolecular Hbond substituents is 2. The zero-order valence-electron chi connectivity index (χ0n) is 24.4. The van der Waals surface area contributed by atoms with E-state index in [2.05, 4.69) is 71.9 Å². The van der Waals surface area contributed by atoms with Crippen molar-refractivity contribution < 1.29 is 15.3 Å². The highest BCUT2D eigenvalue weighted by molar-refractivity contribution is 6.11. The van der Waals surface area contributed by atoms with Crippen molar-refractivity contribution in [3.8, 4) is 22.6 Å². The third-order valence-electron chi connectivity index (χ3n) is 7.22. The molecule has 0 aromatic heterocycles. The van der Waals surface area contributed by atoms with Gasteiger partial charge >= 0.3 is 0 Å². The maximum atomic E-state index is 11.3. The Morgan fingerprint density at radius 1 is 0.625 bits per heavy atom. The number of benzene rings is 5. The van der Waals surface area contributed by atoms with Crippen LogP contribution in [0.5, 0.6) is 11.5 Å². The highest BCUT2D eigenvalue weighted by atomic mass is 16.3.